The summed E-state index contributed by atoms with van der Waals surface area (Å²) in [5.74, 6) is -36.1. The standard InChI is InChI=1S/C20H20F22O7S/c1-3-8(47-10(21)4-2)9(50(43,44)45)5-11(22,23)14(28,29)12(24,25)6-46-7-13(26,27)48-19(39,40)20(41,42)49-18(37,38)16(32,33)15(30,31)17(34,35)36/h8-10H,3-7H2,1-2H3,(H,43,44,45)/t8?,9-,10?/m0/s1. The normalized spacial score (nSPS) is 17.5. The number of rotatable bonds is 21. The summed E-state index contributed by atoms with van der Waals surface area (Å²) in [4.78, 5) is 0. The van der Waals surface area contributed by atoms with Crippen molar-refractivity contribution in [1.29, 1.82) is 0 Å². The van der Waals surface area contributed by atoms with E-state index in [0.29, 0.717) is 0 Å². The third-order valence-electron chi connectivity index (χ3n) is 5.76. The molecule has 3 atom stereocenters. The molecule has 0 rings (SSSR count). The maximum atomic E-state index is 14.4. The van der Waals surface area contributed by atoms with Gasteiger partial charge in [-0.2, -0.15) is 101 Å². The smallest absolute Gasteiger partial charge is 0.366 e. The fourth-order valence-corrected chi connectivity index (χ4v) is 4.18. The Hall–Kier alpha value is -1.79. The zero-order valence-corrected chi connectivity index (χ0v) is 24.7. The Kier molecular flexibility index (Phi) is 14.4. The second kappa shape index (κ2) is 14.9. The molecule has 0 heterocycles. The van der Waals surface area contributed by atoms with Crippen LogP contribution in [0.2, 0.25) is 0 Å². The third kappa shape index (κ3) is 10.4. The molecule has 0 saturated carbocycles. The molecule has 0 aliphatic rings. The monoisotopic (exact) mass is 822 g/mol. The van der Waals surface area contributed by atoms with Gasteiger partial charge >= 0.3 is 60.2 Å². The number of ether oxygens (including phenoxy) is 4. The third-order valence-corrected chi connectivity index (χ3v) is 7.00. The van der Waals surface area contributed by atoms with Crippen molar-refractivity contribution in [3.8, 4) is 0 Å². The molecule has 0 bridgehead atoms. The summed E-state index contributed by atoms with van der Waals surface area (Å²) in [6.07, 6.45) is -46.9. The Labute approximate surface area is 263 Å². The first-order valence-corrected chi connectivity index (χ1v) is 13.8. The van der Waals surface area contributed by atoms with Gasteiger partial charge in [0.1, 0.15) is 18.5 Å². The first kappa shape index (κ1) is 48.2. The molecule has 50 heavy (non-hydrogen) atoms. The van der Waals surface area contributed by atoms with Crippen LogP contribution < -0.4 is 0 Å². The molecule has 2 unspecified atom stereocenters. The Morgan fingerprint density at radius 3 is 1.40 bits per heavy atom. The highest BCUT2D eigenvalue weighted by Gasteiger charge is 2.85. The topological polar surface area (TPSA) is 91.3 Å². The second-order valence-corrected chi connectivity index (χ2v) is 11.3. The zero-order chi connectivity index (χ0) is 40.6. The lowest BCUT2D eigenvalue weighted by atomic mass is 9.97. The fraction of sp³-hybridized carbons (Fsp3) is 1.00. The predicted octanol–water partition coefficient (Wildman–Crippen LogP) is 8.29. The lowest BCUT2D eigenvalue weighted by molar-refractivity contribution is -0.543. The van der Waals surface area contributed by atoms with Crippen molar-refractivity contribution in [2.45, 2.75) is 111 Å². The van der Waals surface area contributed by atoms with Gasteiger partial charge < -0.3 is 9.47 Å². The summed E-state index contributed by atoms with van der Waals surface area (Å²) in [7, 11) is -5.98. The minimum atomic E-state index is -8.20. The summed E-state index contributed by atoms with van der Waals surface area (Å²) < 4.78 is 336. The molecule has 0 aromatic heterocycles. The molecule has 0 aromatic carbocycles. The van der Waals surface area contributed by atoms with Crippen molar-refractivity contribution >= 4 is 10.1 Å². The largest absolute Gasteiger partial charge is 0.460 e. The van der Waals surface area contributed by atoms with Gasteiger partial charge in [0, 0.05) is 12.8 Å². The molecule has 0 saturated heterocycles. The highest BCUT2D eigenvalue weighted by atomic mass is 32.2. The average Bonchev–Trinajstić information content (AvgIpc) is 2.87. The van der Waals surface area contributed by atoms with Gasteiger partial charge in [-0.25, -0.2) is 13.9 Å². The van der Waals surface area contributed by atoms with E-state index in [9.17, 15) is 105 Å². The van der Waals surface area contributed by atoms with Crippen LogP contribution >= 0.6 is 0 Å². The van der Waals surface area contributed by atoms with E-state index in [4.69, 9.17) is 4.55 Å². The maximum Gasteiger partial charge on any atom is 0.460 e. The van der Waals surface area contributed by atoms with E-state index >= 15 is 0 Å². The maximum absolute atomic E-state index is 14.4. The van der Waals surface area contributed by atoms with Crippen molar-refractivity contribution in [3.63, 3.8) is 0 Å². The second-order valence-electron chi connectivity index (χ2n) is 9.67. The SMILES string of the molecule is CCC(F)OC(CC)[C@H](CC(F)(F)C(F)(F)C(F)(F)COCC(F)(F)OC(F)(F)C(F)(F)OC(F)(F)C(F)(F)C(F)(F)C(F)(F)F)S(=O)(=O)O. The van der Waals surface area contributed by atoms with Crippen LogP contribution in [-0.4, -0.2) is 104 Å². The molecule has 0 fully saturated rings. The van der Waals surface area contributed by atoms with Crippen LogP contribution in [-0.2, 0) is 29.1 Å². The van der Waals surface area contributed by atoms with E-state index in [-0.39, 0.29) is 0 Å². The van der Waals surface area contributed by atoms with Crippen LogP contribution in [0.15, 0.2) is 0 Å². The first-order valence-electron chi connectivity index (χ1n) is 12.3. The summed E-state index contributed by atoms with van der Waals surface area (Å²) in [5.41, 5.74) is 0. The molecule has 0 aliphatic carbocycles. The highest BCUT2D eigenvalue weighted by molar-refractivity contribution is 7.86. The Morgan fingerprint density at radius 1 is 0.580 bits per heavy atom. The van der Waals surface area contributed by atoms with E-state index < -0.39 is 121 Å². The lowest BCUT2D eigenvalue weighted by Gasteiger charge is -2.36. The number of hydrogen-bond donors (Lipinski definition) is 1. The van der Waals surface area contributed by atoms with Crippen molar-refractivity contribution in [2.24, 2.45) is 0 Å². The highest BCUT2D eigenvalue weighted by Crippen LogP contribution is 2.56. The van der Waals surface area contributed by atoms with Crippen LogP contribution in [0, 0.1) is 0 Å². The van der Waals surface area contributed by atoms with Crippen molar-refractivity contribution in [3.05, 3.63) is 0 Å². The van der Waals surface area contributed by atoms with Crippen LogP contribution in [0.3, 0.4) is 0 Å². The Balaban J connectivity index is 6.02. The minimum Gasteiger partial charge on any atom is -0.366 e. The van der Waals surface area contributed by atoms with Crippen molar-refractivity contribution in [1.82, 2.24) is 0 Å². The van der Waals surface area contributed by atoms with Crippen LogP contribution in [0.5, 0.6) is 0 Å². The molecular weight excluding hydrogens is 802 g/mol. The Morgan fingerprint density at radius 2 is 1.02 bits per heavy atom. The van der Waals surface area contributed by atoms with Gasteiger partial charge in [-0.15, -0.1) is 0 Å². The number of alkyl halides is 22. The van der Waals surface area contributed by atoms with Crippen LogP contribution in [0.1, 0.15) is 33.1 Å². The van der Waals surface area contributed by atoms with Gasteiger partial charge in [-0.3, -0.25) is 4.55 Å². The molecule has 1 N–H and O–H groups in total. The van der Waals surface area contributed by atoms with Gasteiger partial charge in [0.2, 0.25) is 0 Å². The quantitative estimate of drug-likeness (QED) is 0.0921. The molecule has 0 radical (unpaired) electrons. The summed E-state index contributed by atoms with van der Waals surface area (Å²) in [5, 5.41) is -3.30. The van der Waals surface area contributed by atoms with Crippen molar-refractivity contribution in [2.75, 3.05) is 13.2 Å². The number of hydrogen-bond acceptors (Lipinski definition) is 6. The van der Waals surface area contributed by atoms with E-state index in [1.165, 1.54) is 4.74 Å². The molecule has 30 heteroatoms. The van der Waals surface area contributed by atoms with Gasteiger partial charge in [0.25, 0.3) is 10.1 Å². The van der Waals surface area contributed by atoms with Gasteiger partial charge in [0.15, 0.2) is 6.36 Å². The van der Waals surface area contributed by atoms with E-state index in [2.05, 4.69) is 9.47 Å². The van der Waals surface area contributed by atoms with Gasteiger partial charge in [0.05, 0.1) is 6.10 Å². The van der Waals surface area contributed by atoms with E-state index in [0.717, 1.165) is 13.8 Å². The predicted molar refractivity (Wildman–Crippen MR) is 114 cm³/mol. The molecular formula is C20H20F22O7S. The van der Waals surface area contributed by atoms with E-state index in [1.54, 1.807) is 0 Å². The fourth-order valence-electron chi connectivity index (χ4n) is 3.12. The molecule has 0 aliphatic heterocycles. The summed E-state index contributed by atoms with van der Waals surface area (Å²) in [6.45, 7) is -5.12. The minimum absolute atomic E-state index is 0.634. The molecule has 0 aromatic rings. The number of halogens is 22. The lowest BCUT2D eigenvalue weighted by Crippen LogP contribution is -2.64. The average molecular weight is 822 g/mol. The van der Waals surface area contributed by atoms with Gasteiger partial charge in [-0.1, -0.05) is 13.8 Å². The summed E-state index contributed by atoms with van der Waals surface area (Å²) in [6, 6.07) is 0. The van der Waals surface area contributed by atoms with E-state index in [1.807, 2.05) is 4.74 Å². The van der Waals surface area contributed by atoms with Crippen LogP contribution in [0.25, 0.3) is 0 Å². The van der Waals surface area contributed by atoms with Crippen LogP contribution in [0.4, 0.5) is 96.6 Å². The first-order chi connectivity index (χ1) is 21.6. The van der Waals surface area contributed by atoms with Gasteiger partial charge in [-0.05, 0) is 6.42 Å². The zero-order valence-electron chi connectivity index (χ0n) is 23.9. The van der Waals surface area contributed by atoms with Crippen molar-refractivity contribution < 1.29 is 129 Å². The Bertz CT molecular complexity index is 1220. The molecule has 0 amide bonds. The molecule has 302 valence electrons. The molecule has 0 spiro atoms. The molecule has 7 nitrogen and oxygen atoms in total. The summed E-state index contributed by atoms with van der Waals surface area (Å²) >= 11 is 0.